The predicted molar refractivity (Wildman–Crippen MR) is 132 cm³/mol. The fourth-order valence-electron chi connectivity index (χ4n) is 3.84. The van der Waals surface area contributed by atoms with E-state index >= 15 is 0 Å². The van der Waals surface area contributed by atoms with Crippen LogP contribution in [0.4, 0.5) is 0 Å². The number of hydrazone groups is 1. The summed E-state index contributed by atoms with van der Waals surface area (Å²) in [5.74, 6) is 0.808. The van der Waals surface area contributed by atoms with E-state index in [9.17, 15) is 0 Å². The summed E-state index contributed by atoms with van der Waals surface area (Å²) in [5.41, 5.74) is 4.00. The van der Waals surface area contributed by atoms with Crippen molar-refractivity contribution >= 4 is 76.7 Å². The van der Waals surface area contributed by atoms with Gasteiger partial charge in [-0.05, 0) is 57.9 Å². The zero-order chi connectivity index (χ0) is 21.0. The van der Waals surface area contributed by atoms with Gasteiger partial charge < -0.3 is 4.74 Å². The van der Waals surface area contributed by atoms with Crippen molar-refractivity contribution in [2.45, 2.75) is 18.7 Å². The highest BCUT2D eigenvalue weighted by atomic mass is 79.9. The minimum absolute atomic E-state index is 0.0259. The number of hydrogen-bond acceptors (Lipinski definition) is 3. The molecule has 0 bridgehead atoms. The van der Waals surface area contributed by atoms with Crippen molar-refractivity contribution in [3.8, 4) is 5.75 Å². The van der Waals surface area contributed by atoms with Gasteiger partial charge in [-0.25, -0.2) is 5.01 Å². The first-order valence-electron chi connectivity index (χ1n) is 9.13. The number of hydrogen-bond donors (Lipinski definition) is 0. The number of ether oxygens (including phenoxy) is 1. The molecule has 2 unspecified atom stereocenters. The van der Waals surface area contributed by atoms with Crippen LogP contribution in [0.5, 0.6) is 5.75 Å². The number of fused-ring (bicyclic) bond motifs is 3. The predicted octanol–water partition coefficient (Wildman–Crippen LogP) is 8.52. The van der Waals surface area contributed by atoms with Gasteiger partial charge in [0.25, 0.3) is 0 Å². The maximum absolute atomic E-state index is 6.55. The molecule has 3 aromatic rings. The normalized spacial score (nSPS) is 19.8. The van der Waals surface area contributed by atoms with Crippen LogP contribution in [-0.4, -0.2) is 10.7 Å². The van der Waals surface area contributed by atoms with Gasteiger partial charge in [0.1, 0.15) is 5.75 Å². The smallest absolute Gasteiger partial charge is 0.215 e. The molecule has 152 valence electrons. The van der Waals surface area contributed by atoms with Gasteiger partial charge in [-0.1, -0.05) is 73.3 Å². The van der Waals surface area contributed by atoms with E-state index in [1.165, 1.54) is 0 Å². The minimum atomic E-state index is -0.460. The number of rotatable bonds is 2. The Bertz CT molecular complexity index is 1180. The second-order valence-electron chi connectivity index (χ2n) is 7.10. The second kappa shape index (κ2) is 8.14. The average Bonchev–Trinajstić information content (AvgIpc) is 3.14. The molecule has 8 heteroatoms. The van der Waals surface area contributed by atoms with Crippen molar-refractivity contribution in [1.82, 2.24) is 5.01 Å². The van der Waals surface area contributed by atoms with Crippen molar-refractivity contribution in [2.75, 3.05) is 0 Å². The third-order valence-electron chi connectivity index (χ3n) is 5.21. The minimum Gasteiger partial charge on any atom is -0.463 e. The lowest BCUT2D eigenvalue weighted by atomic mass is 9.96. The topological polar surface area (TPSA) is 24.8 Å². The highest BCUT2D eigenvalue weighted by Crippen LogP contribution is 2.51. The monoisotopic (exact) mass is 628 g/mol. The molecule has 0 saturated heterocycles. The molecule has 3 aromatic carbocycles. The molecule has 0 spiro atoms. The standard InChI is InChI=1S/C22H13Br3Cl2N2O/c23-12-3-1-11(2-4-12)19-10-20-16-7-13(24)8-17(25)21(16)30-22(29(20)28-19)15-6-5-14(26)9-18(15)27/h1-9,20,22H,10H2. The van der Waals surface area contributed by atoms with E-state index in [2.05, 4.69) is 66.0 Å². The van der Waals surface area contributed by atoms with E-state index in [1.54, 1.807) is 6.07 Å². The molecule has 0 aliphatic carbocycles. The largest absolute Gasteiger partial charge is 0.463 e. The Balaban J connectivity index is 1.64. The molecule has 0 amide bonds. The summed E-state index contributed by atoms with van der Waals surface area (Å²) in [6.45, 7) is 0. The quantitative estimate of drug-likeness (QED) is 0.283. The first-order chi connectivity index (χ1) is 14.4. The zero-order valence-electron chi connectivity index (χ0n) is 15.3. The van der Waals surface area contributed by atoms with E-state index in [0.717, 1.165) is 48.0 Å². The van der Waals surface area contributed by atoms with Gasteiger partial charge in [0.2, 0.25) is 6.23 Å². The van der Waals surface area contributed by atoms with Crippen LogP contribution in [0, 0.1) is 0 Å². The Labute approximate surface area is 209 Å². The van der Waals surface area contributed by atoms with Crippen LogP contribution >= 0.6 is 71.0 Å². The molecule has 2 atom stereocenters. The van der Waals surface area contributed by atoms with Crippen LogP contribution in [0.1, 0.15) is 35.4 Å². The molecule has 3 nitrogen and oxygen atoms in total. The van der Waals surface area contributed by atoms with Crippen LogP contribution in [0.3, 0.4) is 0 Å². The Morgan fingerprint density at radius 3 is 2.40 bits per heavy atom. The van der Waals surface area contributed by atoms with Gasteiger partial charge >= 0.3 is 0 Å². The highest BCUT2D eigenvalue weighted by molar-refractivity contribution is 9.11. The molecule has 0 N–H and O–H groups in total. The summed E-state index contributed by atoms with van der Waals surface area (Å²) in [5, 5.41) is 8.12. The summed E-state index contributed by atoms with van der Waals surface area (Å²) in [6.07, 6.45) is 0.306. The van der Waals surface area contributed by atoms with Gasteiger partial charge in [0.15, 0.2) is 0 Å². The fraction of sp³-hybridized carbons (Fsp3) is 0.136. The maximum Gasteiger partial charge on any atom is 0.215 e. The van der Waals surface area contributed by atoms with Gasteiger partial charge in [-0.3, -0.25) is 0 Å². The third-order valence-corrected chi connectivity index (χ3v) is 7.35. The molecular weight excluding hydrogens is 619 g/mol. The van der Waals surface area contributed by atoms with Gasteiger partial charge in [-0.2, -0.15) is 5.10 Å². The lowest BCUT2D eigenvalue weighted by molar-refractivity contribution is -0.0196. The molecule has 0 aromatic heterocycles. The highest BCUT2D eigenvalue weighted by Gasteiger charge is 2.42. The average molecular weight is 632 g/mol. The molecule has 2 aliphatic rings. The Morgan fingerprint density at radius 1 is 0.900 bits per heavy atom. The lowest BCUT2D eigenvalue weighted by Crippen LogP contribution is -2.34. The van der Waals surface area contributed by atoms with Crippen molar-refractivity contribution < 1.29 is 4.74 Å². The molecule has 5 rings (SSSR count). The molecular formula is C22H13Br3Cl2N2O. The van der Waals surface area contributed by atoms with Crippen molar-refractivity contribution in [1.29, 1.82) is 0 Å². The first-order valence-corrected chi connectivity index (χ1v) is 12.3. The Kier molecular flexibility index (Phi) is 5.65. The van der Waals surface area contributed by atoms with Crippen LogP contribution in [0.2, 0.25) is 10.0 Å². The van der Waals surface area contributed by atoms with E-state index in [-0.39, 0.29) is 6.04 Å². The summed E-state index contributed by atoms with van der Waals surface area (Å²) in [4.78, 5) is 0. The zero-order valence-corrected chi connectivity index (χ0v) is 21.5. The summed E-state index contributed by atoms with van der Waals surface area (Å²) in [7, 11) is 0. The lowest BCUT2D eigenvalue weighted by Gasteiger charge is -2.39. The SMILES string of the molecule is Clc1ccc(C2Oc3c(Br)cc(Br)cc3C3CC(c4ccc(Br)cc4)=NN32)c(Cl)c1. The van der Waals surface area contributed by atoms with Crippen LogP contribution in [-0.2, 0) is 0 Å². The van der Waals surface area contributed by atoms with Crippen LogP contribution in [0.15, 0.2) is 73.1 Å². The van der Waals surface area contributed by atoms with E-state index in [1.807, 2.05) is 35.3 Å². The Hall–Kier alpha value is -1.05. The summed E-state index contributed by atoms with van der Waals surface area (Å²) >= 11 is 23.4. The number of nitrogens with zero attached hydrogens (tertiary/aromatic N) is 2. The van der Waals surface area contributed by atoms with Crippen LogP contribution < -0.4 is 4.74 Å². The number of benzene rings is 3. The second-order valence-corrected chi connectivity index (χ2v) is 10.6. The van der Waals surface area contributed by atoms with E-state index in [0.29, 0.717) is 10.0 Å². The van der Waals surface area contributed by atoms with Crippen LogP contribution in [0.25, 0.3) is 0 Å². The van der Waals surface area contributed by atoms with Gasteiger partial charge in [-0.15, -0.1) is 0 Å². The molecule has 2 heterocycles. The Morgan fingerprint density at radius 2 is 1.67 bits per heavy atom. The van der Waals surface area contributed by atoms with Crippen molar-refractivity contribution in [3.63, 3.8) is 0 Å². The van der Waals surface area contributed by atoms with Crippen molar-refractivity contribution in [2.24, 2.45) is 5.10 Å². The van der Waals surface area contributed by atoms with E-state index in [4.69, 9.17) is 33.0 Å². The van der Waals surface area contributed by atoms with E-state index < -0.39 is 6.23 Å². The molecule has 30 heavy (non-hydrogen) atoms. The molecule has 0 radical (unpaired) electrons. The summed E-state index contributed by atoms with van der Waals surface area (Å²) in [6, 6.07) is 17.8. The summed E-state index contributed by atoms with van der Waals surface area (Å²) < 4.78 is 9.37. The molecule has 2 aliphatic heterocycles. The van der Waals surface area contributed by atoms with Crippen molar-refractivity contribution in [3.05, 3.63) is 94.8 Å². The van der Waals surface area contributed by atoms with Gasteiger partial charge in [0.05, 0.1) is 21.2 Å². The van der Waals surface area contributed by atoms with Gasteiger partial charge in [0, 0.05) is 31.5 Å². The molecule has 0 saturated carbocycles. The maximum atomic E-state index is 6.55. The first kappa shape index (κ1) is 20.8. The molecule has 0 fully saturated rings. The third kappa shape index (κ3) is 3.71. The fourth-order valence-corrected chi connectivity index (χ4v) is 5.96. The number of halogens is 5.